The maximum atomic E-state index is 8.05. The molecule has 0 saturated carbocycles. The van der Waals surface area contributed by atoms with Crippen LogP contribution in [0.15, 0.2) is 0 Å². The smallest absolute Gasteiger partial charge is 0.373 e. The van der Waals surface area contributed by atoms with Crippen molar-refractivity contribution in [3.8, 4) is 0 Å². The lowest BCUT2D eigenvalue weighted by Crippen LogP contribution is -2.88. The van der Waals surface area contributed by atoms with Gasteiger partial charge in [0.1, 0.15) is 51.7 Å². The van der Waals surface area contributed by atoms with Gasteiger partial charge < -0.3 is 49.4 Å². The van der Waals surface area contributed by atoms with Crippen LogP contribution in [0.5, 0.6) is 0 Å². The minimum Gasteiger partial charge on any atom is -0.373 e. The maximum Gasteiger partial charge on any atom is 0.478 e. The minimum atomic E-state index is -4.24. The molecule has 400 valence electrons. The molecule has 35 heteroatoms. The van der Waals surface area contributed by atoms with E-state index in [0.717, 1.165) is 6.04 Å². The highest BCUT2D eigenvalue weighted by Gasteiger charge is 2.83. The summed E-state index contributed by atoms with van der Waals surface area (Å²) in [5.41, 5.74) is 0. The van der Waals surface area contributed by atoms with Gasteiger partial charge >= 0.3 is 70.4 Å². The normalized spacial score (nSPS) is 36.4. The second-order valence-electron chi connectivity index (χ2n) is 25.3. The van der Waals surface area contributed by atoms with Gasteiger partial charge in [-0.1, -0.05) is 117 Å². The standard InChI is InChI=1S/C33H83Cl7O12Si16/c1-53(2,3)18-26-61-41-62(27-19-54(4,5)34)44-65(30-22-57(10,11)37)46-63(42-61,28-20-55(6,7)35)48-67(32-24-59(14,15)39)49-64(43-61,29-21-56(8,9)36)47-66(45-62,31-23-58(12,13)38)51-68(50-65,52-67)33-25-60(16,17)40/h18-33H2,1-17H3. The van der Waals surface area contributed by atoms with Crippen LogP contribution in [0.4, 0.5) is 0 Å². The molecule has 0 aliphatic carbocycles. The Balaban J connectivity index is 2.02. The molecular weight excluding hydrogens is 1290 g/mol. The Morgan fingerprint density at radius 1 is 0.206 bits per heavy atom. The fourth-order valence-corrected chi connectivity index (χ4v) is 89.2. The highest BCUT2D eigenvalue weighted by molar-refractivity contribution is 7.22. The van der Waals surface area contributed by atoms with Gasteiger partial charge in [-0.05, 0) is 42.3 Å². The Labute approximate surface area is 460 Å². The molecule has 8 bridgehead atoms. The lowest BCUT2D eigenvalue weighted by atomic mass is 10.9. The van der Waals surface area contributed by atoms with Gasteiger partial charge in [0.15, 0.2) is 0 Å². The summed E-state index contributed by atoms with van der Waals surface area (Å²) in [4.78, 5) is 0. The fraction of sp³-hybridized carbons (Fsp3) is 1.00. The molecule has 6 aliphatic rings. The predicted molar refractivity (Wildman–Crippen MR) is 323 cm³/mol. The van der Waals surface area contributed by atoms with Gasteiger partial charge in [0.2, 0.25) is 0 Å². The number of hydrogen-bond donors (Lipinski definition) is 0. The molecule has 6 heterocycles. The Morgan fingerprint density at radius 3 is 0.397 bits per heavy atom. The van der Waals surface area contributed by atoms with Crippen molar-refractivity contribution in [1.29, 1.82) is 0 Å². The molecule has 6 aliphatic heterocycles. The van der Waals surface area contributed by atoms with Gasteiger partial charge in [0.25, 0.3) is 0 Å². The topological polar surface area (TPSA) is 111 Å². The molecule has 68 heavy (non-hydrogen) atoms. The van der Waals surface area contributed by atoms with Crippen molar-refractivity contribution in [2.24, 2.45) is 0 Å². The minimum absolute atomic E-state index is 0.325. The first-order chi connectivity index (χ1) is 30.1. The Morgan fingerprint density at radius 2 is 0.309 bits per heavy atom. The molecule has 6 fully saturated rings. The molecule has 0 radical (unpaired) electrons. The van der Waals surface area contributed by atoms with Crippen molar-refractivity contribution in [2.45, 2.75) is 208 Å². The van der Waals surface area contributed by atoms with E-state index in [-0.39, 0.29) is 0 Å². The van der Waals surface area contributed by atoms with Crippen molar-refractivity contribution in [2.75, 3.05) is 0 Å². The third-order valence-electron chi connectivity index (χ3n) is 12.1. The molecule has 0 N–H and O–H groups in total. The largest absolute Gasteiger partial charge is 0.478 e. The van der Waals surface area contributed by atoms with Crippen molar-refractivity contribution in [1.82, 2.24) is 0 Å². The van der Waals surface area contributed by atoms with Crippen LogP contribution in [0.25, 0.3) is 0 Å². The SMILES string of the molecule is C[Si](C)(C)CC[Si]12O[Si]3(CC[Si](C)(C)Cl)O[Si]4(CC[Si](C)(C)Cl)O[Si](CC[Si](C)(C)Cl)(O1)O[Si]1(CC[Si](C)(C)Cl)O[Si](CC[Si](C)(C)Cl)(O2)O[Si](CC[Si](C)(C)Cl)(O3)O[Si](CC[Si](C)(C)Cl)(O4)O1. The zero-order valence-corrected chi connectivity index (χ0v) is 65.1. The average molecular weight is 1370 g/mol. The van der Waals surface area contributed by atoms with Crippen molar-refractivity contribution in [3.63, 3.8) is 0 Å². The van der Waals surface area contributed by atoms with Crippen LogP contribution in [0, 0.1) is 0 Å². The second kappa shape index (κ2) is 21.8. The Bertz CT molecular complexity index is 1310. The monoisotopic (exact) mass is 1360 g/mol. The van der Waals surface area contributed by atoms with Gasteiger partial charge in [-0.3, -0.25) is 0 Å². The van der Waals surface area contributed by atoms with Gasteiger partial charge in [-0.25, -0.2) is 0 Å². The second-order valence-corrected chi connectivity index (χ2v) is 105. The molecule has 0 aromatic rings. The van der Waals surface area contributed by atoms with Crippen molar-refractivity contribution < 1.29 is 49.4 Å². The van der Waals surface area contributed by atoms with Crippen LogP contribution < -0.4 is 0 Å². The summed E-state index contributed by atoms with van der Waals surface area (Å²) >= 11 is 51.2. The molecule has 0 atom stereocenters. The lowest BCUT2D eigenvalue weighted by molar-refractivity contribution is -0.0286. The first kappa shape index (κ1) is 63.8. The molecule has 0 spiro atoms. The summed E-state index contributed by atoms with van der Waals surface area (Å²) < 4.78 is 96.4. The highest BCUT2D eigenvalue weighted by Crippen LogP contribution is 2.57. The summed E-state index contributed by atoms with van der Waals surface area (Å²) in [6, 6.07) is 7.70. The predicted octanol–water partition coefficient (Wildman–Crippen LogP) is 15.2. The van der Waals surface area contributed by atoms with E-state index in [1.165, 1.54) is 0 Å². The summed E-state index contributed by atoms with van der Waals surface area (Å²) in [6.07, 6.45) is 0. The number of halogens is 7. The van der Waals surface area contributed by atoms with Crippen LogP contribution in [0.1, 0.15) is 0 Å². The number of rotatable bonds is 24. The first-order valence-corrected chi connectivity index (χ1v) is 73.1. The van der Waals surface area contributed by atoms with Gasteiger partial charge in [-0.2, -0.15) is 77.6 Å². The molecule has 6 rings (SSSR count). The van der Waals surface area contributed by atoms with Crippen LogP contribution in [0.3, 0.4) is 0 Å². The van der Waals surface area contributed by atoms with Crippen LogP contribution in [0.2, 0.25) is 208 Å². The van der Waals surface area contributed by atoms with E-state index in [0.29, 0.717) is 90.7 Å². The molecule has 0 aromatic heterocycles. The van der Waals surface area contributed by atoms with E-state index in [1.807, 2.05) is 0 Å². The fourth-order valence-electron chi connectivity index (χ4n) is 8.25. The summed E-state index contributed by atoms with van der Waals surface area (Å²) in [5.74, 6) is 0. The first-order valence-electron chi connectivity index (χ1n) is 24.4. The summed E-state index contributed by atoms with van der Waals surface area (Å²) in [5, 5.41) is 0. The van der Waals surface area contributed by atoms with E-state index in [9.17, 15) is 0 Å². The third-order valence-corrected chi connectivity index (χ3v) is 68.6. The summed E-state index contributed by atoms with van der Waals surface area (Å²) in [6.45, 7) is 36.8. The van der Waals surface area contributed by atoms with Gasteiger partial charge in [0, 0.05) is 56.4 Å². The maximum absolute atomic E-state index is 8.05. The molecule has 0 aromatic carbocycles. The zero-order valence-electron chi connectivity index (χ0n) is 43.9. The molecule has 0 amide bonds. The van der Waals surface area contributed by atoms with Crippen LogP contribution in [-0.4, -0.2) is 130 Å². The Hall–Kier alpha value is 5.02. The van der Waals surface area contributed by atoms with E-state index >= 15 is 0 Å². The van der Waals surface area contributed by atoms with E-state index < -0.39 is 130 Å². The molecule has 12 nitrogen and oxygen atoms in total. The molecule has 0 unspecified atom stereocenters. The van der Waals surface area contributed by atoms with Crippen molar-refractivity contribution >= 4 is 208 Å². The van der Waals surface area contributed by atoms with E-state index in [4.69, 9.17) is 127 Å². The average Bonchev–Trinajstić information content (AvgIpc) is 3.06. The van der Waals surface area contributed by atoms with Crippen molar-refractivity contribution in [3.05, 3.63) is 0 Å². The highest BCUT2D eigenvalue weighted by atomic mass is 35.6. The summed E-state index contributed by atoms with van der Waals surface area (Å²) in [7, 11) is -52.1. The van der Waals surface area contributed by atoms with Crippen LogP contribution in [-0.2, 0) is 49.4 Å². The number of hydrogen-bond acceptors (Lipinski definition) is 12. The quantitative estimate of drug-likeness (QED) is 0.0678. The van der Waals surface area contributed by atoms with Crippen LogP contribution >= 0.6 is 77.6 Å². The molecular formula is C33H83Cl7O12Si16. The molecule has 6 saturated heterocycles. The van der Waals surface area contributed by atoms with E-state index in [1.54, 1.807) is 0 Å². The lowest BCUT2D eigenvalue weighted by Gasteiger charge is -2.64. The zero-order chi connectivity index (χ0) is 51.8. The van der Waals surface area contributed by atoms with Gasteiger partial charge in [-0.15, -0.1) is 0 Å². The Kier molecular flexibility index (Phi) is 20.5. The van der Waals surface area contributed by atoms with E-state index in [2.05, 4.69) is 111 Å². The third kappa shape index (κ3) is 19.7. The van der Waals surface area contributed by atoms with Gasteiger partial charge in [0.05, 0.1) is 0 Å².